The van der Waals surface area contributed by atoms with Gasteiger partial charge in [-0.3, -0.25) is 0 Å². The van der Waals surface area contributed by atoms with Crippen LogP contribution in [0.4, 0.5) is 11.5 Å². The van der Waals surface area contributed by atoms with E-state index in [0.29, 0.717) is 28.4 Å². The minimum absolute atomic E-state index is 0.342. The highest BCUT2D eigenvalue weighted by Crippen LogP contribution is 2.31. The summed E-state index contributed by atoms with van der Waals surface area (Å²) in [7, 11) is 1.36. The van der Waals surface area contributed by atoms with Gasteiger partial charge in [-0.1, -0.05) is 6.42 Å². The largest absolute Gasteiger partial charge is 0.465 e. The van der Waals surface area contributed by atoms with E-state index >= 15 is 0 Å². The Labute approximate surface area is 117 Å². The fourth-order valence-electron chi connectivity index (χ4n) is 2.41. The van der Waals surface area contributed by atoms with Crippen LogP contribution in [0.2, 0.25) is 0 Å². The number of nitrogen functional groups attached to an aromatic ring is 1. The number of hydrogen-bond acceptors (Lipinski definition) is 6. The number of aromatic nitrogens is 1. The van der Waals surface area contributed by atoms with Crippen molar-refractivity contribution in [2.24, 2.45) is 0 Å². The standard InChI is InChI=1S/C13H19N3O2S/c1-18-13(17)9-6-8(14)7-15-12(9)16-10-4-3-5-11(10)19-2/h6-7,10-11H,3-5,14H2,1-2H3,(H,15,16). The molecule has 19 heavy (non-hydrogen) atoms. The van der Waals surface area contributed by atoms with Gasteiger partial charge in [-0.2, -0.15) is 11.8 Å². The SMILES string of the molecule is COC(=O)c1cc(N)cnc1NC1CCCC1SC. The van der Waals surface area contributed by atoms with E-state index in [0.717, 1.165) is 6.42 Å². The molecule has 0 aromatic carbocycles. The normalized spacial score (nSPS) is 22.2. The van der Waals surface area contributed by atoms with Gasteiger partial charge < -0.3 is 15.8 Å². The monoisotopic (exact) mass is 281 g/mol. The van der Waals surface area contributed by atoms with E-state index < -0.39 is 5.97 Å². The van der Waals surface area contributed by atoms with E-state index in [1.807, 2.05) is 11.8 Å². The van der Waals surface area contributed by atoms with Crippen LogP contribution < -0.4 is 11.1 Å². The molecule has 6 heteroatoms. The third kappa shape index (κ3) is 3.12. The predicted molar refractivity (Wildman–Crippen MR) is 78.6 cm³/mol. The van der Waals surface area contributed by atoms with Crippen LogP contribution in [0.15, 0.2) is 12.3 Å². The summed E-state index contributed by atoms with van der Waals surface area (Å²) in [4.78, 5) is 16.0. The lowest BCUT2D eigenvalue weighted by atomic mass is 10.2. The van der Waals surface area contributed by atoms with E-state index in [9.17, 15) is 4.79 Å². The fraction of sp³-hybridized carbons (Fsp3) is 0.538. The Kier molecular flexibility index (Phi) is 4.52. The molecular formula is C13H19N3O2S. The number of carbonyl (C=O) groups is 1. The van der Waals surface area contributed by atoms with Crippen molar-refractivity contribution in [1.29, 1.82) is 0 Å². The van der Waals surface area contributed by atoms with E-state index in [1.165, 1.54) is 20.0 Å². The van der Waals surface area contributed by atoms with Gasteiger partial charge in [0.2, 0.25) is 0 Å². The number of esters is 1. The molecule has 0 spiro atoms. The minimum atomic E-state index is -0.416. The first-order valence-corrected chi connectivity index (χ1v) is 7.57. The van der Waals surface area contributed by atoms with Gasteiger partial charge in [0.15, 0.2) is 0 Å². The molecule has 0 saturated heterocycles. The minimum Gasteiger partial charge on any atom is -0.465 e. The lowest BCUT2D eigenvalue weighted by Gasteiger charge is -2.21. The maximum atomic E-state index is 11.7. The summed E-state index contributed by atoms with van der Waals surface area (Å²) in [5.41, 5.74) is 6.53. The molecule has 2 unspecified atom stereocenters. The van der Waals surface area contributed by atoms with Gasteiger partial charge >= 0.3 is 5.97 Å². The number of rotatable bonds is 4. The van der Waals surface area contributed by atoms with Crippen molar-refractivity contribution >= 4 is 29.2 Å². The predicted octanol–water partition coefficient (Wildman–Crippen LogP) is 2.15. The average Bonchev–Trinajstić information content (AvgIpc) is 2.87. The molecule has 1 heterocycles. The topological polar surface area (TPSA) is 77.2 Å². The first-order valence-electron chi connectivity index (χ1n) is 6.29. The van der Waals surface area contributed by atoms with Gasteiger partial charge in [0.05, 0.1) is 19.0 Å². The number of nitrogens with zero attached hydrogens (tertiary/aromatic N) is 1. The second kappa shape index (κ2) is 6.14. The van der Waals surface area contributed by atoms with Crippen LogP contribution in [0.1, 0.15) is 29.6 Å². The number of thioether (sulfide) groups is 1. The molecule has 1 aromatic heterocycles. The zero-order chi connectivity index (χ0) is 13.8. The molecule has 1 aliphatic rings. The summed E-state index contributed by atoms with van der Waals surface area (Å²) < 4.78 is 4.77. The summed E-state index contributed by atoms with van der Waals surface area (Å²) >= 11 is 1.85. The molecule has 0 amide bonds. The molecule has 0 bridgehead atoms. The maximum Gasteiger partial charge on any atom is 0.341 e. The van der Waals surface area contributed by atoms with Crippen molar-refractivity contribution in [1.82, 2.24) is 4.98 Å². The Morgan fingerprint density at radius 3 is 3.05 bits per heavy atom. The molecule has 2 atom stereocenters. The molecule has 2 rings (SSSR count). The first-order chi connectivity index (χ1) is 9.15. The van der Waals surface area contributed by atoms with E-state index in [2.05, 4.69) is 16.6 Å². The number of pyridine rings is 1. The van der Waals surface area contributed by atoms with E-state index in [1.54, 1.807) is 12.3 Å². The van der Waals surface area contributed by atoms with Crippen LogP contribution in [0.3, 0.4) is 0 Å². The molecule has 1 fully saturated rings. The van der Waals surface area contributed by atoms with Crippen molar-refractivity contribution in [3.05, 3.63) is 17.8 Å². The summed E-state index contributed by atoms with van der Waals surface area (Å²) in [5.74, 6) is 0.146. The average molecular weight is 281 g/mol. The summed E-state index contributed by atoms with van der Waals surface area (Å²) in [6.45, 7) is 0. The molecule has 1 aliphatic carbocycles. The van der Waals surface area contributed by atoms with Gasteiger partial charge in [0.1, 0.15) is 11.4 Å². The van der Waals surface area contributed by atoms with Crippen LogP contribution in [-0.2, 0) is 4.74 Å². The molecule has 1 aromatic rings. The Morgan fingerprint density at radius 2 is 2.37 bits per heavy atom. The van der Waals surface area contributed by atoms with Gasteiger partial charge in [0, 0.05) is 11.3 Å². The number of nitrogens with two attached hydrogens (primary N) is 1. The van der Waals surface area contributed by atoms with Crippen LogP contribution >= 0.6 is 11.8 Å². The van der Waals surface area contributed by atoms with Crippen LogP contribution in [0.5, 0.6) is 0 Å². The summed E-state index contributed by atoms with van der Waals surface area (Å²) in [6.07, 6.45) is 7.16. The zero-order valence-corrected chi connectivity index (χ0v) is 12.0. The lowest BCUT2D eigenvalue weighted by molar-refractivity contribution is 0.0601. The zero-order valence-electron chi connectivity index (χ0n) is 11.2. The Morgan fingerprint density at radius 1 is 1.58 bits per heavy atom. The van der Waals surface area contributed by atoms with E-state index in [-0.39, 0.29) is 0 Å². The number of hydrogen-bond donors (Lipinski definition) is 2. The highest BCUT2D eigenvalue weighted by molar-refractivity contribution is 7.99. The van der Waals surface area contributed by atoms with Crippen LogP contribution in [0.25, 0.3) is 0 Å². The second-order valence-electron chi connectivity index (χ2n) is 4.61. The molecular weight excluding hydrogens is 262 g/mol. The lowest BCUT2D eigenvalue weighted by Crippen LogP contribution is -2.27. The molecule has 3 N–H and O–H groups in total. The van der Waals surface area contributed by atoms with Gasteiger partial charge in [-0.25, -0.2) is 9.78 Å². The quantitative estimate of drug-likeness (QED) is 0.823. The summed E-state index contributed by atoms with van der Waals surface area (Å²) in [6, 6.07) is 1.94. The molecule has 104 valence electrons. The van der Waals surface area contributed by atoms with Crippen molar-refractivity contribution < 1.29 is 9.53 Å². The van der Waals surface area contributed by atoms with Gasteiger partial charge in [0.25, 0.3) is 0 Å². The summed E-state index contributed by atoms with van der Waals surface area (Å²) in [5, 5.41) is 3.92. The van der Waals surface area contributed by atoms with Crippen molar-refractivity contribution in [3.8, 4) is 0 Å². The van der Waals surface area contributed by atoms with Crippen LogP contribution in [-0.4, -0.2) is 35.6 Å². The number of anilines is 2. The highest BCUT2D eigenvalue weighted by Gasteiger charge is 2.28. The molecule has 1 saturated carbocycles. The number of ether oxygens (including phenoxy) is 1. The van der Waals surface area contributed by atoms with E-state index in [4.69, 9.17) is 10.5 Å². The van der Waals surface area contributed by atoms with Crippen molar-refractivity contribution in [2.75, 3.05) is 24.4 Å². The van der Waals surface area contributed by atoms with Gasteiger partial charge in [-0.15, -0.1) is 0 Å². The van der Waals surface area contributed by atoms with Gasteiger partial charge in [-0.05, 0) is 25.2 Å². The maximum absolute atomic E-state index is 11.7. The first kappa shape index (κ1) is 14.0. The molecule has 5 nitrogen and oxygen atoms in total. The number of nitrogens with one attached hydrogen (secondary N) is 1. The highest BCUT2D eigenvalue weighted by atomic mass is 32.2. The Hall–Kier alpha value is -1.43. The fourth-order valence-corrected chi connectivity index (χ4v) is 3.35. The van der Waals surface area contributed by atoms with Crippen LogP contribution in [0, 0.1) is 0 Å². The van der Waals surface area contributed by atoms with Crippen molar-refractivity contribution in [3.63, 3.8) is 0 Å². The molecule has 0 aliphatic heterocycles. The Bertz CT molecular complexity index is 467. The smallest absolute Gasteiger partial charge is 0.341 e. The molecule has 0 radical (unpaired) electrons. The number of carbonyl (C=O) groups excluding carboxylic acids is 1. The number of methoxy groups -OCH3 is 1. The Balaban J connectivity index is 2.22. The third-order valence-corrected chi connectivity index (χ3v) is 4.56. The second-order valence-corrected chi connectivity index (χ2v) is 5.69. The third-order valence-electron chi connectivity index (χ3n) is 3.39. The van der Waals surface area contributed by atoms with Crippen molar-refractivity contribution in [2.45, 2.75) is 30.6 Å².